The number of fused-ring (bicyclic) bond motifs is 1. The van der Waals surface area contributed by atoms with Crippen molar-refractivity contribution in [3.8, 4) is 17.4 Å². The van der Waals surface area contributed by atoms with Crippen LogP contribution in [0.1, 0.15) is 0 Å². The number of ether oxygens (including phenoxy) is 1. The lowest BCUT2D eigenvalue weighted by molar-refractivity contribution is 0.385. The standard InChI is InChI=1S/C15H9BrFNO2/c16-11-7-12(17)15(18-8-11)20-14-6-10-4-2-1-3-9(10)5-13(14)19/h1-8,19H. The van der Waals surface area contributed by atoms with E-state index in [1.807, 2.05) is 24.3 Å². The number of aromatic hydroxyl groups is 1. The molecule has 0 saturated heterocycles. The predicted molar refractivity (Wildman–Crippen MR) is 77.6 cm³/mol. The molecule has 0 amide bonds. The molecule has 3 rings (SSSR count). The molecule has 1 aromatic heterocycles. The van der Waals surface area contributed by atoms with Crippen LogP contribution in [0.3, 0.4) is 0 Å². The van der Waals surface area contributed by atoms with E-state index >= 15 is 0 Å². The Morgan fingerprint density at radius 2 is 1.80 bits per heavy atom. The van der Waals surface area contributed by atoms with Crippen LogP contribution < -0.4 is 4.74 Å². The summed E-state index contributed by atoms with van der Waals surface area (Å²) in [4.78, 5) is 3.84. The van der Waals surface area contributed by atoms with Gasteiger partial charge in [0.1, 0.15) is 0 Å². The van der Waals surface area contributed by atoms with Gasteiger partial charge in [-0.2, -0.15) is 0 Å². The summed E-state index contributed by atoms with van der Waals surface area (Å²) in [5, 5.41) is 11.7. The van der Waals surface area contributed by atoms with Gasteiger partial charge in [0.15, 0.2) is 17.3 Å². The fraction of sp³-hybridized carbons (Fsp3) is 0. The Labute approximate surface area is 122 Å². The lowest BCUT2D eigenvalue weighted by Gasteiger charge is -2.09. The van der Waals surface area contributed by atoms with Crippen LogP contribution in [0.2, 0.25) is 0 Å². The van der Waals surface area contributed by atoms with E-state index in [1.54, 1.807) is 12.1 Å². The molecule has 0 spiro atoms. The third-order valence-corrected chi connectivity index (χ3v) is 3.24. The number of pyridine rings is 1. The Morgan fingerprint density at radius 3 is 2.50 bits per heavy atom. The van der Waals surface area contributed by atoms with Gasteiger partial charge in [0.25, 0.3) is 5.88 Å². The van der Waals surface area contributed by atoms with Crippen LogP contribution in [0, 0.1) is 5.82 Å². The first-order valence-corrected chi connectivity index (χ1v) is 6.63. The van der Waals surface area contributed by atoms with Crippen LogP contribution in [0.25, 0.3) is 10.8 Å². The Morgan fingerprint density at radius 1 is 1.10 bits per heavy atom. The van der Waals surface area contributed by atoms with Crippen molar-refractivity contribution >= 4 is 26.7 Å². The van der Waals surface area contributed by atoms with Crippen LogP contribution in [0.5, 0.6) is 17.4 Å². The highest BCUT2D eigenvalue weighted by atomic mass is 79.9. The summed E-state index contributed by atoms with van der Waals surface area (Å²) < 4.78 is 19.5. The highest BCUT2D eigenvalue weighted by Crippen LogP contribution is 2.35. The minimum absolute atomic E-state index is 0.0622. The van der Waals surface area contributed by atoms with Crippen molar-refractivity contribution < 1.29 is 14.2 Å². The molecule has 1 heterocycles. The quantitative estimate of drug-likeness (QED) is 0.743. The molecule has 20 heavy (non-hydrogen) atoms. The summed E-state index contributed by atoms with van der Waals surface area (Å²) in [6.07, 6.45) is 1.43. The van der Waals surface area contributed by atoms with Crippen LogP contribution in [-0.2, 0) is 0 Å². The third-order valence-electron chi connectivity index (χ3n) is 2.81. The monoisotopic (exact) mass is 333 g/mol. The summed E-state index contributed by atoms with van der Waals surface area (Å²) in [5.41, 5.74) is 0. The SMILES string of the molecule is Oc1cc2ccccc2cc1Oc1ncc(Br)cc1F. The van der Waals surface area contributed by atoms with Gasteiger partial charge < -0.3 is 9.84 Å². The number of phenolic OH excluding ortho intramolecular Hbond substituents is 1. The molecule has 0 aliphatic carbocycles. The second-order valence-corrected chi connectivity index (χ2v) is 5.13. The molecule has 0 saturated carbocycles. The van der Waals surface area contributed by atoms with Gasteiger partial charge in [0.2, 0.25) is 0 Å². The van der Waals surface area contributed by atoms with Crippen molar-refractivity contribution in [3.63, 3.8) is 0 Å². The molecule has 2 aromatic carbocycles. The van der Waals surface area contributed by atoms with Gasteiger partial charge in [0.05, 0.1) is 0 Å². The Kier molecular flexibility index (Phi) is 3.28. The smallest absolute Gasteiger partial charge is 0.256 e. The summed E-state index contributed by atoms with van der Waals surface area (Å²) in [5.74, 6) is -0.684. The molecule has 100 valence electrons. The molecule has 0 bridgehead atoms. The zero-order valence-electron chi connectivity index (χ0n) is 10.2. The lowest BCUT2D eigenvalue weighted by atomic mass is 10.1. The van der Waals surface area contributed by atoms with E-state index in [1.165, 1.54) is 12.3 Å². The average Bonchev–Trinajstić information content (AvgIpc) is 2.42. The second kappa shape index (κ2) is 5.09. The molecule has 0 aliphatic heterocycles. The minimum Gasteiger partial charge on any atom is -0.504 e. The average molecular weight is 334 g/mol. The van der Waals surface area contributed by atoms with Crippen molar-refractivity contribution in [1.82, 2.24) is 4.98 Å². The van der Waals surface area contributed by atoms with E-state index in [0.717, 1.165) is 10.8 Å². The maximum Gasteiger partial charge on any atom is 0.256 e. The highest BCUT2D eigenvalue weighted by molar-refractivity contribution is 9.10. The van der Waals surface area contributed by atoms with Gasteiger partial charge in [-0.3, -0.25) is 0 Å². The molecule has 0 radical (unpaired) electrons. The van der Waals surface area contributed by atoms with E-state index in [4.69, 9.17) is 4.74 Å². The predicted octanol–water partition coefficient (Wildman–Crippen LogP) is 4.63. The van der Waals surface area contributed by atoms with Crippen LogP contribution in [0.4, 0.5) is 4.39 Å². The van der Waals surface area contributed by atoms with Crippen molar-refractivity contribution in [2.45, 2.75) is 0 Å². The van der Waals surface area contributed by atoms with E-state index in [-0.39, 0.29) is 17.4 Å². The molecule has 3 nitrogen and oxygen atoms in total. The molecule has 1 N–H and O–H groups in total. The van der Waals surface area contributed by atoms with Gasteiger partial charge in [-0.1, -0.05) is 24.3 Å². The topological polar surface area (TPSA) is 42.4 Å². The largest absolute Gasteiger partial charge is 0.504 e. The molecular formula is C15H9BrFNO2. The Hall–Kier alpha value is -2.14. The first-order valence-electron chi connectivity index (χ1n) is 5.84. The number of phenols is 1. The van der Waals surface area contributed by atoms with Crippen molar-refractivity contribution in [2.75, 3.05) is 0 Å². The van der Waals surface area contributed by atoms with Crippen LogP contribution >= 0.6 is 15.9 Å². The van der Waals surface area contributed by atoms with Gasteiger partial charge in [-0.05, 0) is 44.9 Å². The molecule has 3 aromatic rings. The minimum atomic E-state index is -0.605. The Bertz CT molecular complexity index is 792. The van der Waals surface area contributed by atoms with Gasteiger partial charge in [-0.15, -0.1) is 0 Å². The molecule has 0 unspecified atom stereocenters. The fourth-order valence-electron chi connectivity index (χ4n) is 1.87. The van der Waals surface area contributed by atoms with E-state index in [2.05, 4.69) is 20.9 Å². The molecule has 0 fully saturated rings. The molecule has 5 heteroatoms. The normalized spacial score (nSPS) is 10.7. The summed E-state index contributed by atoms with van der Waals surface area (Å²) >= 11 is 3.12. The van der Waals surface area contributed by atoms with Crippen molar-refractivity contribution in [2.24, 2.45) is 0 Å². The molecule has 0 aliphatic rings. The van der Waals surface area contributed by atoms with E-state index in [9.17, 15) is 9.50 Å². The van der Waals surface area contributed by atoms with Crippen LogP contribution in [-0.4, -0.2) is 10.1 Å². The highest BCUT2D eigenvalue weighted by Gasteiger charge is 2.11. The number of hydrogen-bond donors (Lipinski definition) is 1. The number of benzene rings is 2. The fourth-order valence-corrected chi connectivity index (χ4v) is 2.17. The second-order valence-electron chi connectivity index (χ2n) is 4.21. The maximum atomic E-state index is 13.7. The van der Waals surface area contributed by atoms with Gasteiger partial charge in [0, 0.05) is 10.7 Å². The van der Waals surface area contributed by atoms with E-state index < -0.39 is 5.82 Å². The van der Waals surface area contributed by atoms with Crippen molar-refractivity contribution in [1.29, 1.82) is 0 Å². The summed E-state index contributed by atoms with van der Waals surface area (Å²) in [6.45, 7) is 0. The van der Waals surface area contributed by atoms with Gasteiger partial charge >= 0.3 is 0 Å². The number of halogens is 2. The lowest BCUT2D eigenvalue weighted by Crippen LogP contribution is -1.92. The maximum absolute atomic E-state index is 13.7. The number of nitrogens with zero attached hydrogens (tertiary/aromatic N) is 1. The number of rotatable bonds is 2. The van der Waals surface area contributed by atoms with Gasteiger partial charge in [-0.25, -0.2) is 9.37 Å². The molecule has 0 atom stereocenters. The first kappa shape index (κ1) is 12.9. The van der Waals surface area contributed by atoms with Crippen molar-refractivity contribution in [3.05, 3.63) is 59.0 Å². The summed E-state index contributed by atoms with van der Waals surface area (Å²) in [7, 11) is 0. The zero-order chi connectivity index (χ0) is 14.1. The Balaban J connectivity index is 2.03. The number of aromatic nitrogens is 1. The third kappa shape index (κ3) is 2.44. The van der Waals surface area contributed by atoms with Crippen LogP contribution in [0.15, 0.2) is 53.1 Å². The summed E-state index contributed by atoms with van der Waals surface area (Å²) in [6, 6.07) is 12.0. The first-order chi connectivity index (χ1) is 9.63. The zero-order valence-corrected chi connectivity index (χ0v) is 11.8. The molecular weight excluding hydrogens is 325 g/mol. The number of hydrogen-bond acceptors (Lipinski definition) is 3. The van der Waals surface area contributed by atoms with E-state index in [0.29, 0.717) is 4.47 Å².